The molecule has 0 fully saturated rings. The molecule has 0 saturated heterocycles. The van der Waals surface area contributed by atoms with Crippen LogP contribution >= 0.6 is 0 Å². The maximum absolute atomic E-state index is 13.8. The smallest absolute Gasteiger partial charge is 0.379 e. The number of benzene rings is 1. The van der Waals surface area contributed by atoms with Gasteiger partial charge in [-0.05, 0) is 30.3 Å². The van der Waals surface area contributed by atoms with Crippen LogP contribution in [-0.2, 0) is 14.6 Å². The Morgan fingerprint density at radius 3 is 2.71 bits per heavy atom. The van der Waals surface area contributed by atoms with Crippen molar-refractivity contribution in [2.45, 2.75) is 11.8 Å². The highest BCUT2D eigenvalue weighted by molar-refractivity contribution is 7.90. The van der Waals surface area contributed by atoms with Gasteiger partial charge in [0.25, 0.3) is 11.7 Å². The number of carbonyl (C=O) groups is 1. The van der Waals surface area contributed by atoms with E-state index in [4.69, 9.17) is 4.52 Å². The van der Waals surface area contributed by atoms with Crippen LogP contribution in [0.2, 0.25) is 0 Å². The molecule has 0 saturated carbocycles. The lowest BCUT2D eigenvalue weighted by atomic mass is 10.2. The quantitative estimate of drug-likeness (QED) is 0.787. The Labute approximate surface area is 119 Å². The van der Waals surface area contributed by atoms with Crippen molar-refractivity contribution in [2.75, 3.05) is 12.9 Å². The zero-order valence-electron chi connectivity index (χ0n) is 11.2. The molecule has 0 unspecified atom stereocenters. The molecule has 0 radical (unpaired) electrons. The number of hydrogen-bond donors (Lipinski definition) is 0. The van der Waals surface area contributed by atoms with Crippen LogP contribution in [0.3, 0.4) is 0 Å². The number of ether oxygens (including phenoxy) is 1. The molecule has 21 heavy (non-hydrogen) atoms. The largest absolute Gasteiger partial charge is 0.460 e. The van der Waals surface area contributed by atoms with Crippen molar-refractivity contribution >= 4 is 15.8 Å². The minimum Gasteiger partial charge on any atom is -0.460 e. The fraction of sp³-hybridized carbons (Fsp3) is 0.250. The van der Waals surface area contributed by atoms with E-state index in [0.717, 1.165) is 18.4 Å². The molecule has 0 aliphatic rings. The Kier molecular flexibility index (Phi) is 4.03. The van der Waals surface area contributed by atoms with Crippen molar-refractivity contribution in [1.82, 2.24) is 10.1 Å². The number of rotatable bonds is 4. The summed E-state index contributed by atoms with van der Waals surface area (Å²) in [6, 6.07) is 3.34. The van der Waals surface area contributed by atoms with Gasteiger partial charge >= 0.3 is 5.97 Å². The second kappa shape index (κ2) is 5.60. The lowest BCUT2D eigenvalue weighted by molar-refractivity contribution is 0.0508. The van der Waals surface area contributed by atoms with E-state index in [1.54, 1.807) is 6.92 Å². The van der Waals surface area contributed by atoms with Crippen LogP contribution in [0, 0.1) is 5.82 Å². The fourth-order valence-electron chi connectivity index (χ4n) is 1.55. The first-order valence-electron chi connectivity index (χ1n) is 5.83. The third-order valence-electron chi connectivity index (χ3n) is 2.46. The molecule has 112 valence electrons. The van der Waals surface area contributed by atoms with Gasteiger partial charge in [-0.15, -0.1) is 0 Å². The van der Waals surface area contributed by atoms with Crippen molar-refractivity contribution in [3.8, 4) is 11.5 Å². The number of hydrogen-bond acceptors (Lipinski definition) is 7. The van der Waals surface area contributed by atoms with Crippen molar-refractivity contribution in [2.24, 2.45) is 0 Å². The van der Waals surface area contributed by atoms with Gasteiger partial charge in [0.1, 0.15) is 10.7 Å². The summed E-state index contributed by atoms with van der Waals surface area (Å²) in [5.74, 6) is -2.11. The highest BCUT2D eigenvalue weighted by Crippen LogP contribution is 2.23. The highest BCUT2D eigenvalue weighted by atomic mass is 32.2. The lowest BCUT2D eigenvalue weighted by Crippen LogP contribution is -2.06. The van der Waals surface area contributed by atoms with E-state index in [0.29, 0.717) is 0 Å². The molecule has 0 amide bonds. The van der Waals surface area contributed by atoms with E-state index in [-0.39, 0.29) is 23.9 Å². The summed E-state index contributed by atoms with van der Waals surface area (Å²) in [4.78, 5) is 14.7. The third-order valence-corrected chi connectivity index (χ3v) is 3.59. The molecule has 1 aromatic carbocycles. The molecule has 2 rings (SSSR count). The molecule has 1 heterocycles. The van der Waals surface area contributed by atoms with Gasteiger partial charge in [-0.2, -0.15) is 4.98 Å². The Balaban J connectivity index is 2.36. The first-order valence-corrected chi connectivity index (χ1v) is 7.73. The normalized spacial score (nSPS) is 11.4. The summed E-state index contributed by atoms with van der Waals surface area (Å²) < 4.78 is 45.9. The second-order valence-corrected chi connectivity index (χ2v) is 6.05. The Morgan fingerprint density at radius 2 is 2.14 bits per heavy atom. The molecular weight excluding hydrogens is 303 g/mol. The summed E-state index contributed by atoms with van der Waals surface area (Å²) in [6.07, 6.45) is 0.899. The van der Waals surface area contributed by atoms with Gasteiger partial charge < -0.3 is 9.26 Å². The molecule has 0 spiro atoms. The number of carbonyl (C=O) groups excluding carboxylic acids is 1. The van der Waals surface area contributed by atoms with Crippen molar-refractivity contribution in [3.05, 3.63) is 29.8 Å². The number of sulfone groups is 1. The number of halogens is 1. The van der Waals surface area contributed by atoms with E-state index >= 15 is 0 Å². The van der Waals surface area contributed by atoms with Crippen LogP contribution in [0.5, 0.6) is 0 Å². The summed E-state index contributed by atoms with van der Waals surface area (Å²) in [6.45, 7) is 1.78. The van der Waals surface area contributed by atoms with Crippen molar-refractivity contribution in [1.29, 1.82) is 0 Å². The molecule has 1 aromatic heterocycles. The van der Waals surface area contributed by atoms with E-state index in [9.17, 15) is 17.6 Å². The summed E-state index contributed by atoms with van der Waals surface area (Å²) in [5.41, 5.74) is 0.156. The highest BCUT2D eigenvalue weighted by Gasteiger charge is 2.19. The van der Waals surface area contributed by atoms with Crippen LogP contribution in [0.15, 0.2) is 27.6 Å². The summed E-state index contributed by atoms with van der Waals surface area (Å²) in [7, 11) is -3.66. The van der Waals surface area contributed by atoms with Crippen LogP contribution in [0.1, 0.15) is 17.5 Å². The van der Waals surface area contributed by atoms with Gasteiger partial charge in [0.2, 0.25) is 0 Å². The summed E-state index contributed by atoms with van der Waals surface area (Å²) in [5, 5.41) is 3.41. The molecule has 2 aromatic rings. The van der Waals surface area contributed by atoms with Gasteiger partial charge in [0.15, 0.2) is 9.84 Å². The van der Waals surface area contributed by atoms with Crippen LogP contribution in [0.4, 0.5) is 4.39 Å². The zero-order chi connectivity index (χ0) is 15.6. The minimum absolute atomic E-state index is 0.114. The average Bonchev–Trinajstić information content (AvgIpc) is 2.87. The Bertz CT molecular complexity index is 785. The maximum atomic E-state index is 13.8. The lowest BCUT2D eigenvalue weighted by Gasteiger charge is -2.01. The van der Waals surface area contributed by atoms with Crippen LogP contribution in [-0.4, -0.2) is 37.4 Å². The predicted molar refractivity (Wildman–Crippen MR) is 68.8 cm³/mol. The standard InChI is InChI=1S/C12H11FN2O5S/c1-3-19-12(16)10-14-11(20-15-10)7-4-5-9(8(13)6-7)21(2,17)18/h4-6H,3H2,1-2H3. The molecule has 7 nitrogen and oxygen atoms in total. The third kappa shape index (κ3) is 3.24. The van der Waals surface area contributed by atoms with Gasteiger partial charge in [-0.1, -0.05) is 0 Å². The van der Waals surface area contributed by atoms with E-state index in [2.05, 4.69) is 14.9 Å². The Morgan fingerprint density at radius 1 is 1.43 bits per heavy atom. The van der Waals surface area contributed by atoms with E-state index < -0.39 is 26.5 Å². The van der Waals surface area contributed by atoms with Crippen molar-refractivity contribution in [3.63, 3.8) is 0 Å². The monoisotopic (exact) mass is 314 g/mol. The van der Waals surface area contributed by atoms with E-state index in [1.807, 2.05) is 0 Å². The van der Waals surface area contributed by atoms with Crippen molar-refractivity contribution < 1.29 is 26.9 Å². The molecule has 0 atom stereocenters. The van der Waals surface area contributed by atoms with E-state index in [1.165, 1.54) is 6.07 Å². The molecule has 0 aliphatic heterocycles. The fourth-order valence-corrected chi connectivity index (χ4v) is 2.28. The predicted octanol–water partition coefficient (Wildman–Crippen LogP) is 1.46. The SMILES string of the molecule is CCOC(=O)c1noc(-c2ccc(S(C)(=O)=O)c(F)c2)n1. The molecule has 9 heteroatoms. The first kappa shape index (κ1) is 15.1. The molecular formula is C12H11FN2O5S. The van der Waals surface area contributed by atoms with Crippen LogP contribution in [0.25, 0.3) is 11.5 Å². The maximum Gasteiger partial charge on any atom is 0.379 e. The number of esters is 1. The average molecular weight is 314 g/mol. The van der Waals surface area contributed by atoms with Gasteiger partial charge in [-0.25, -0.2) is 17.6 Å². The minimum atomic E-state index is -3.66. The topological polar surface area (TPSA) is 99.4 Å². The molecule has 0 N–H and O–H groups in total. The summed E-state index contributed by atoms with van der Waals surface area (Å²) >= 11 is 0. The second-order valence-electron chi connectivity index (χ2n) is 4.06. The molecule has 0 bridgehead atoms. The molecule has 0 aliphatic carbocycles. The number of nitrogens with zero attached hydrogens (tertiary/aromatic N) is 2. The Hall–Kier alpha value is -2.29. The van der Waals surface area contributed by atoms with Gasteiger partial charge in [0.05, 0.1) is 6.61 Å². The number of aromatic nitrogens is 2. The van der Waals surface area contributed by atoms with Gasteiger partial charge in [0, 0.05) is 11.8 Å². The van der Waals surface area contributed by atoms with Crippen LogP contribution < -0.4 is 0 Å². The van der Waals surface area contributed by atoms with Gasteiger partial charge in [-0.3, -0.25) is 0 Å². The first-order chi connectivity index (χ1) is 9.82. The zero-order valence-corrected chi connectivity index (χ0v) is 12.0.